The van der Waals surface area contributed by atoms with Gasteiger partial charge >= 0.3 is 0 Å². The van der Waals surface area contributed by atoms with E-state index in [9.17, 15) is 0 Å². The summed E-state index contributed by atoms with van der Waals surface area (Å²) < 4.78 is 5.05. The molecule has 55 heavy (non-hydrogen) atoms. The molecule has 0 aliphatic rings. The Morgan fingerprint density at radius 2 is 1.07 bits per heavy atom. The Morgan fingerprint density at radius 1 is 0.382 bits per heavy atom. The van der Waals surface area contributed by atoms with Gasteiger partial charge in [0, 0.05) is 48.0 Å². The van der Waals surface area contributed by atoms with Crippen molar-refractivity contribution in [3.05, 3.63) is 206 Å². The molecule has 0 saturated carbocycles. The normalized spacial score (nSPS) is 11.6. The lowest BCUT2D eigenvalue weighted by Gasteiger charge is -2.27. The van der Waals surface area contributed by atoms with Gasteiger partial charge in [-0.2, -0.15) is 0 Å². The third-order valence-corrected chi connectivity index (χ3v) is 12.1. The lowest BCUT2D eigenvalue weighted by molar-refractivity contribution is 1.18. The molecule has 258 valence electrons. The molecular weight excluding hydrogens is 685 g/mol. The number of nitrogens with zero attached hydrogens (tertiary/aromatic N) is 2. The van der Waals surface area contributed by atoms with Gasteiger partial charge in [0.25, 0.3) is 0 Å². The minimum absolute atomic E-state index is 1.10. The number of hydrogen-bond donors (Lipinski definition) is 0. The van der Waals surface area contributed by atoms with Crippen LogP contribution in [0.15, 0.2) is 206 Å². The minimum Gasteiger partial charge on any atom is -0.310 e. The van der Waals surface area contributed by atoms with Crippen LogP contribution >= 0.6 is 11.3 Å². The number of para-hydroxylation sites is 2. The third-order valence-electron chi connectivity index (χ3n) is 11.0. The Balaban J connectivity index is 1.11. The highest BCUT2D eigenvalue weighted by Gasteiger charge is 2.21. The second kappa shape index (κ2) is 12.9. The van der Waals surface area contributed by atoms with Crippen molar-refractivity contribution in [2.45, 2.75) is 0 Å². The average molecular weight is 719 g/mol. The lowest BCUT2D eigenvalue weighted by atomic mass is 9.96. The van der Waals surface area contributed by atoms with Gasteiger partial charge in [0.15, 0.2) is 0 Å². The van der Waals surface area contributed by atoms with Crippen LogP contribution in [-0.4, -0.2) is 4.57 Å². The first kappa shape index (κ1) is 31.6. The number of anilines is 3. The maximum absolute atomic E-state index is 2.43. The SMILES string of the molecule is c1ccc(-c2cccc(N(c3ccc(-c4cccc5cc6sc7ccccc7c6cc45)cc3)c3cccc4c3c3ccccc3n4-c3ccccc3)c2)cc1. The molecule has 0 bridgehead atoms. The standard InChI is InChI=1S/C52H34N2S/c1-3-14-35(15-4-1)37-16-11-20-41(32-37)53(48-25-13-26-49-52(48)44-22-7-9-24-47(44)54(49)39-18-5-2-6-19-39)40-30-28-36(29-31-40)42-23-12-17-38-33-51-46(34-45(38)42)43-21-8-10-27-50(43)55-51/h1-34H. The first-order chi connectivity index (χ1) is 27.3. The monoisotopic (exact) mass is 718 g/mol. The first-order valence-electron chi connectivity index (χ1n) is 18.8. The fraction of sp³-hybridized carbons (Fsp3) is 0. The van der Waals surface area contributed by atoms with Crippen LogP contribution in [0.25, 0.3) is 80.7 Å². The Bertz CT molecular complexity index is 3190. The number of fused-ring (bicyclic) bond motifs is 7. The number of rotatable bonds is 6. The summed E-state index contributed by atoms with van der Waals surface area (Å²) in [5.41, 5.74) is 11.7. The molecule has 0 radical (unpaired) electrons. The van der Waals surface area contributed by atoms with Crippen LogP contribution in [0.3, 0.4) is 0 Å². The summed E-state index contributed by atoms with van der Waals surface area (Å²) in [6.45, 7) is 0. The van der Waals surface area contributed by atoms with Gasteiger partial charge in [0.05, 0.1) is 16.7 Å². The first-order valence-corrected chi connectivity index (χ1v) is 19.6. The van der Waals surface area contributed by atoms with Gasteiger partial charge in [-0.15, -0.1) is 11.3 Å². The molecule has 0 saturated heterocycles. The van der Waals surface area contributed by atoms with Crippen molar-refractivity contribution in [3.8, 4) is 27.9 Å². The molecule has 11 aromatic rings. The Kier molecular flexibility index (Phi) is 7.39. The van der Waals surface area contributed by atoms with E-state index in [0.717, 1.165) is 22.7 Å². The van der Waals surface area contributed by atoms with Crippen molar-refractivity contribution in [1.29, 1.82) is 0 Å². The molecule has 0 unspecified atom stereocenters. The molecule has 11 rings (SSSR count). The highest BCUT2D eigenvalue weighted by molar-refractivity contribution is 7.25. The van der Waals surface area contributed by atoms with E-state index in [1.807, 2.05) is 11.3 Å². The number of hydrogen-bond acceptors (Lipinski definition) is 2. The second-order valence-corrected chi connectivity index (χ2v) is 15.2. The van der Waals surface area contributed by atoms with Gasteiger partial charge in [-0.05, 0) is 106 Å². The summed E-state index contributed by atoms with van der Waals surface area (Å²) in [7, 11) is 0. The third kappa shape index (κ3) is 5.24. The molecule has 0 atom stereocenters. The Hall–Kier alpha value is -6.94. The van der Waals surface area contributed by atoms with E-state index < -0.39 is 0 Å². The van der Waals surface area contributed by atoms with Crippen LogP contribution in [-0.2, 0) is 0 Å². The van der Waals surface area contributed by atoms with Crippen molar-refractivity contribution in [1.82, 2.24) is 4.57 Å². The number of aromatic nitrogens is 1. The Labute approximate surface area is 323 Å². The maximum Gasteiger partial charge on any atom is 0.0562 e. The molecule has 0 spiro atoms. The molecular formula is C52H34N2S. The fourth-order valence-electron chi connectivity index (χ4n) is 8.46. The van der Waals surface area contributed by atoms with Crippen molar-refractivity contribution < 1.29 is 0 Å². The molecule has 2 nitrogen and oxygen atoms in total. The van der Waals surface area contributed by atoms with Crippen LogP contribution < -0.4 is 4.90 Å². The van der Waals surface area contributed by atoms with E-state index in [4.69, 9.17) is 0 Å². The number of thiophene rings is 1. The molecule has 0 aliphatic heterocycles. The van der Waals surface area contributed by atoms with Gasteiger partial charge in [-0.1, -0.05) is 133 Å². The molecule has 0 amide bonds. The van der Waals surface area contributed by atoms with E-state index >= 15 is 0 Å². The molecule has 9 aromatic carbocycles. The van der Waals surface area contributed by atoms with E-state index in [2.05, 4.69) is 216 Å². The summed E-state index contributed by atoms with van der Waals surface area (Å²) in [6, 6.07) is 75.2. The van der Waals surface area contributed by atoms with Gasteiger partial charge in [-0.3, -0.25) is 0 Å². The van der Waals surface area contributed by atoms with E-state index in [-0.39, 0.29) is 0 Å². The Morgan fingerprint density at radius 3 is 1.93 bits per heavy atom. The van der Waals surface area contributed by atoms with Crippen molar-refractivity contribution in [2.24, 2.45) is 0 Å². The van der Waals surface area contributed by atoms with Crippen LogP contribution in [0.2, 0.25) is 0 Å². The predicted octanol–water partition coefficient (Wildman–Crippen LogP) is 15.1. The summed E-state index contributed by atoms with van der Waals surface area (Å²) in [4.78, 5) is 2.43. The molecule has 3 heteroatoms. The summed E-state index contributed by atoms with van der Waals surface area (Å²) in [5, 5.41) is 7.63. The zero-order valence-electron chi connectivity index (χ0n) is 29.9. The second-order valence-electron chi connectivity index (χ2n) is 14.1. The van der Waals surface area contributed by atoms with E-state index in [1.165, 1.54) is 75.0 Å². The van der Waals surface area contributed by atoms with E-state index in [1.54, 1.807) is 0 Å². The topological polar surface area (TPSA) is 8.17 Å². The number of benzene rings is 9. The van der Waals surface area contributed by atoms with Crippen LogP contribution in [0.5, 0.6) is 0 Å². The molecule has 0 N–H and O–H groups in total. The predicted molar refractivity (Wildman–Crippen MR) is 237 cm³/mol. The zero-order valence-corrected chi connectivity index (χ0v) is 30.7. The zero-order chi connectivity index (χ0) is 36.3. The van der Waals surface area contributed by atoms with Gasteiger partial charge in [0.2, 0.25) is 0 Å². The summed E-state index contributed by atoms with van der Waals surface area (Å²) >= 11 is 1.87. The largest absolute Gasteiger partial charge is 0.310 e. The van der Waals surface area contributed by atoms with Crippen LogP contribution in [0, 0.1) is 0 Å². The quantitative estimate of drug-likeness (QED) is 0.166. The lowest BCUT2D eigenvalue weighted by Crippen LogP contribution is -2.10. The molecule has 2 heterocycles. The van der Waals surface area contributed by atoms with Gasteiger partial charge < -0.3 is 9.47 Å². The maximum atomic E-state index is 2.43. The highest BCUT2D eigenvalue weighted by atomic mass is 32.1. The molecule has 0 aliphatic carbocycles. The summed E-state index contributed by atoms with van der Waals surface area (Å²) in [6.07, 6.45) is 0. The average Bonchev–Trinajstić information content (AvgIpc) is 3.79. The van der Waals surface area contributed by atoms with E-state index in [0.29, 0.717) is 0 Å². The highest BCUT2D eigenvalue weighted by Crippen LogP contribution is 2.45. The van der Waals surface area contributed by atoms with Crippen molar-refractivity contribution >= 4 is 81.1 Å². The molecule has 2 aromatic heterocycles. The van der Waals surface area contributed by atoms with Gasteiger partial charge in [-0.25, -0.2) is 0 Å². The van der Waals surface area contributed by atoms with Crippen molar-refractivity contribution in [2.75, 3.05) is 4.90 Å². The molecule has 0 fully saturated rings. The minimum atomic E-state index is 1.10. The van der Waals surface area contributed by atoms with Crippen LogP contribution in [0.1, 0.15) is 0 Å². The van der Waals surface area contributed by atoms with Crippen LogP contribution in [0.4, 0.5) is 17.1 Å². The van der Waals surface area contributed by atoms with Gasteiger partial charge in [0.1, 0.15) is 0 Å². The summed E-state index contributed by atoms with van der Waals surface area (Å²) in [5.74, 6) is 0. The smallest absolute Gasteiger partial charge is 0.0562 e. The fourth-order valence-corrected chi connectivity index (χ4v) is 9.60. The van der Waals surface area contributed by atoms with Crippen molar-refractivity contribution in [3.63, 3.8) is 0 Å².